The molecule has 0 bridgehead atoms. The van der Waals surface area contributed by atoms with Crippen molar-refractivity contribution in [2.24, 2.45) is 0 Å². The fourth-order valence-corrected chi connectivity index (χ4v) is 1.97. The van der Waals surface area contributed by atoms with Gasteiger partial charge in [0, 0.05) is 19.0 Å². The number of anilines is 1. The lowest BCUT2D eigenvalue weighted by atomic mass is 10.4. The molecule has 0 spiro atoms. The monoisotopic (exact) mass is 231 g/mol. The van der Waals surface area contributed by atoms with Crippen LogP contribution in [0, 0.1) is 10.1 Å². The third-order valence-electron chi connectivity index (χ3n) is 1.75. The quantitative estimate of drug-likeness (QED) is 0.559. The zero-order chi connectivity index (χ0) is 11.4. The molecule has 1 aromatic heterocycles. The van der Waals surface area contributed by atoms with E-state index in [4.69, 9.17) is 4.74 Å². The van der Waals surface area contributed by atoms with Gasteiger partial charge >= 0.3 is 0 Å². The first-order valence-electron chi connectivity index (χ1n) is 4.37. The summed E-state index contributed by atoms with van der Waals surface area (Å²) in [5.41, 5.74) is 0. The highest BCUT2D eigenvalue weighted by molar-refractivity contribution is 7.15. The van der Waals surface area contributed by atoms with Crippen LogP contribution in [-0.2, 0) is 6.42 Å². The van der Waals surface area contributed by atoms with E-state index in [0.717, 1.165) is 10.0 Å². The Morgan fingerprint density at radius 2 is 2.27 bits per heavy atom. The molecule has 0 saturated carbocycles. The van der Waals surface area contributed by atoms with Crippen LogP contribution >= 0.6 is 11.3 Å². The molecule has 6 nitrogen and oxygen atoms in total. The molecular formula is C8H13N3O3S. The van der Waals surface area contributed by atoms with Gasteiger partial charge in [-0.1, -0.05) is 11.3 Å². The van der Waals surface area contributed by atoms with Crippen LogP contribution in [0.3, 0.4) is 0 Å². The number of aromatic nitrogens is 1. The van der Waals surface area contributed by atoms with Crippen molar-refractivity contribution < 1.29 is 9.66 Å². The number of ether oxygens (including phenoxy) is 1. The fourth-order valence-electron chi connectivity index (χ4n) is 1.03. The van der Waals surface area contributed by atoms with Crippen molar-refractivity contribution in [1.29, 1.82) is 0 Å². The van der Waals surface area contributed by atoms with Crippen molar-refractivity contribution in [3.05, 3.63) is 15.0 Å². The van der Waals surface area contributed by atoms with Gasteiger partial charge in [-0.3, -0.25) is 10.1 Å². The van der Waals surface area contributed by atoms with Gasteiger partial charge in [0.1, 0.15) is 0 Å². The largest absolute Gasteiger partial charge is 0.480 e. The Labute approximate surface area is 91.6 Å². The molecule has 0 aromatic carbocycles. The second kappa shape index (κ2) is 4.92. The molecule has 0 aliphatic rings. The van der Waals surface area contributed by atoms with Gasteiger partial charge in [-0.15, -0.1) is 0 Å². The highest BCUT2D eigenvalue weighted by Crippen LogP contribution is 2.30. The number of hydrogen-bond donors (Lipinski definition) is 0. The van der Waals surface area contributed by atoms with Crippen molar-refractivity contribution >= 4 is 16.5 Å². The van der Waals surface area contributed by atoms with E-state index in [0.29, 0.717) is 12.3 Å². The predicted molar refractivity (Wildman–Crippen MR) is 58.6 cm³/mol. The second-order valence-corrected chi connectivity index (χ2v) is 4.19. The molecule has 84 valence electrons. The average Bonchev–Trinajstić information content (AvgIpc) is 2.57. The second-order valence-electron chi connectivity index (χ2n) is 3.13. The molecule has 1 aromatic rings. The molecule has 7 heteroatoms. The fraction of sp³-hybridized carbons (Fsp3) is 0.625. The lowest BCUT2D eigenvalue weighted by Gasteiger charge is -2.04. The summed E-state index contributed by atoms with van der Waals surface area (Å²) in [6.45, 7) is -0.0918. The Morgan fingerprint density at radius 3 is 2.73 bits per heavy atom. The predicted octanol–water partition coefficient (Wildman–Crippen LogP) is 1.04. The maximum Gasteiger partial charge on any atom is 0.229 e. The van der Waals surface area contributed by atoms with E-state index in [1.54, 1.807) is 0 Å². The van der Waals surface area contributed by atoms with Crippen LogP contribution in [-0.4, -0.2) is 37.7 Å². The lowest BCUT2D eigenvalue weighted by molar-refractivity contribution is -0.479. The Balaban J connectivity index is 2.80. The van der Waals surface area contributed by atoms with Crippen LogP contribution < -0.4 is 9.64 Å². The topological polar surface area (TPSA) is 68.5 Å². The Morgan fingerprint density at radius 1 is 1.60 bits per heavy atom. The van der Waals surface area contributed by atoms with E-state index in [1.165, 1.54) is 18.4 Å². The SMILES string of the molecule is COc1nc(N(C)C)sc1CC[N+](=O)[O-]. The van der Waals surface area contributed by atoms with E-state index in [2.05, 4.69) is 4.98 Å². The first-order valence-corrected chi connectivity index (χ1v) is 5.19. The van der Waals surface area contributed by atoms with E-state index in [1.807, 2.05) is 19.0 Å². The first kappa shape index (κ1) is 11.7. The maximum atomic E-state index is 10.3. The summed E-state index contributed by atoms with van der Waals surface area (Å²) in [4.78, 5) is 16.8. The smallest absolute Gasteiger partial charge is 0.229 e. The van der Waals surface area contributed by atoms with Gasteiger partial charge in [0.05, 0.1) is 18.4 Å². The molecule has 0 atom stereocenters. The highest BCUT2D eigenvalue weighted by atomic mass is 32.1. The molecular weight excluding hydrogens is 218 g/mol. The van der Waals surface area contributed by atoms with Gasteiger partial charge in [-0.25, -0.2) is 0 Å². The standard InChI is InChI=1S/C8H13N3O3S/c1-10(2)8-9-7(14-3)6(15-8)4-5-11(12)13/h4-5H2,1-3H3. The number of rotatable bonds is 5. The minimum Gasteiger partial charge on any atom is -0.480 e. The summed E-state index contributed by atoms with van der Waals surface area (Å²) in [5, 5.41) is 11.0. The summed E-state index contributed by atoms with van der Waals surface area (Å²) in [6.07, 6.45) is 0.363. The van der Waals surface area contributed by atoms with Gasteiger partial charge in [-0.05, 0) is 0 Å². The number of methoxy groups -OCH3 is 1. The summed E-state index contributed by atoms with van der Waals surface area (Å²) >= 11 is 1.42. The zero-order valence-electron chi connectivity index (χ0n) is 8.89. The Bertz CT molecular complexity index is 351. The molecule has 1 heterocycles. The van der Waals surface area contributed by atoms with Gasteiger partial charge in [0.2, 0.25) is 12.4 Å². The van der Waals surface area contributed by atoms with Crippen LogP contribution in [0.15, 0.2) is 0 Å². The summed E-state index contributed by atoms with van der Waals surface area (Å²) in [5.74, 6) is 0.491. The van der Waals surface area contributed by atoms with Crippen molar-refractivity contribution in [3.63, 3.8) is 0 Å². The van der Waals surface area contributed by atoms with Crippen molar-refractivity contribution in [3.8, 4) is 5.88 Å². The van der Waals surface area contributed by atoms with Crippen molar-refractivity contribution in [1.82, 2.24) is 4.98 Å². The molecule has 0 radical (unpaired) electrons. The van der Waals surface area contributed by atoms with Crippen molar-refractivity contribution in [2.75, 3.05) is 32.6 Å². The van der Waals surface area contributed by atoms with Gasteiger partial charge in [0.25, 0.3) is 0 Å². The Kier molecular flexibility index (Phi) is 3.84. The van der Waals surface area contributed by atoms with E-state index in [9.17, 15) is 10.1 Å². The normalized spacial score (nSPS) is 10.1. The first-order chi connectivity index (χ1) is 7.04. The van der Waals surface area contributed by atoms with E-state index in [-0.39, 0.29) is 11.5 Å². The zero-order valence-corrected chi connectivity index (χ0v) is 9.71. The molecule has 0 amide bonds. The van der Waals surface area contributed by atoms with E-state index < -0.39 is 0 Å². The lowest BCUT2D eigenvalue weighted by Crippen LogP contribution is -2.07. The third kappa shape index (κ3) is 3.05. The van der Waals surface area contributed by atoms with Gasteiger partial charge in [0.15, 0.2) is 5.13 Å². The Hall–Kier alpha value is -1.37. The molecule has 0 fully saturated rings. The number of nitro groups is 1. The molecule has 0 aliphatic carbocycles. The summed E-state index contributed by atoms with van der Waals surface area (Å²) in [7, 11) is 5.26. The van der Waals surface area contributed by atoms with Gasteiger partial charge < -0.3 is 9.64 Å². The summed E-state index contributed by atoms with van der Waals surface area (Å²) in [6, 6.07) is 0. The minimum absolute atomic E-state index is 0.0918. The number of hydrogen-bond acceptors (Lipinski definition) is 6. The molecule has 1 rings (SSSR count). The maximum absolute atomic E-state index is 10.3. The summed E-state index contributed by atoms with van der Waals surface area (Å²) < 4.78 is 5.06. The molecule has 0 N–H and O–H groups in total. The van der Waals surface area contributed by atoms with Crippen LogP contribution in [0.5, 0.6) is 5.88 Å². The molecule has 0 aliphatic heterocycles. The number of thiazole rings is 1. The van der Waals surface area contributed by atoms with Crippen LogP contribution in [0.25, 0.3) is 0 Å². The van der Waals surface area contributed by atoms with Crippen LogP contribution in [0.4, 0.5) is 5.13 Å². The molecule has 0 saturated heterocycles. The van der Waals surface area contributed by atoms with Gasteiger partial charge in [-0.2, -0.15) is 4.98 Å². The molecule has 15 heavy (non-hydrogen) atoms. The van der Waals surface area contributed by atoms with Crippen molar-refractivity contribution in [2.45, 2.75) is 6.42 Å². The highest BCUT2D eigenvalue weighted by Gasteiger charge is 2.14. The molecule has 0 unspecified atom stereocenters. The number of nitrogens with zero attached hydrogens (tertiary/aromatic N) is 3. The van der Waals surface area contributed by atoms with Crippen LogP contribution in [0.2, 0.25) is 0 Å². The minimum atomic E-state index is -0.339. The van der Waals surface area contributed by atoms with E-state index >= 15 is 0 Å². The average molecular weight is 231 g/mol. The van der Waals surface area contributed by atoms with Crippen LogP contribution in [0.1, 0.15) is 4.88 Å². The third-order valence-corrected chi connectivity index (χ3v) is 3.01.